The van der Waals surface area contributed by atoms with E-state index >= 15 is 0 Å². The second-order valence-corrected chi connectivity index (χ2v) is 5.73. The highest BCUT2D eigenvalue weighted by molar-refractivity contribution is 5.72. The van der Waals surface area contributed by atoms with Gasteiger partial charge in [0.2, 0.25) is 0 Å². The highest BCUT2D eigenvalue weighted by Crippen LogP contribution is 2.31. The number of rotatable bonds is 3. The van der Waals surface area contributed by atoms with Crippen LogP contribution in [-0.2, 0) is 4.74 Å². The second-order valence-electron chi connectivity index (χ2n) is 5.73. The van der Waals surface area contributed by atoms with Crippen LogP contribution in [0.1, 0.15) is 31.4 Å². The summed E-state index contributed by atoms with van der Waals surface area (Å²) in [6.45, 7) is 5.85. The summed E-state index contributed by atoms with van der Waals surface area (Å²) in [5, 5.41) is 12.3. The zero-order valence-electron chi connectivity index (χ0n) is 12.5. The monoisotopic (exact) mass is 287 g/mol. The van der Waals surface area contributed by atoms with Gasteiger partial charge in [0.05, 0.1) is 6.04 Å². The molecule has 1 unspecified atom stereocenters. The van der Waals surface area contributed by atoms with Gasteiger partial charge in [0.1, 0.15) is 0 Å². The summed E-state index contributed by atoms with van der Waals surface area (Å²) in [5.41, 5.74) is 8.85. The van der Waals surface area contributed by atoms with Gasteiger partial charge in [0, 0.05) is 24.5 Å². The van der Waals surface area contributed by atoms with Crippen molar-refractivity contribution in [2.24, 2.45) is 5.92 Å². The van der Waals surface area contributed by atoms with Gasteiger partial charge in [0.15, 0.2) is 5.82 Å². The summed E-state index contributed by atoms with van der Waals surface area (Å²) in [6.07, 6.45) is 2.09. The molecule has 1 aliphatic rings. The first-order chi connectivity index (χ1) is 10.2. The summed E-state index contributed by atoms with van der Waals surface area (Å²) in [6, 6.07) is 6.17. The molecule has 2 N–H and O–H groups in total. The molecule has 6 nitrogen and oxygen atoms in total. The van der Waals surface area contributed by atoms with Crippen molar-refractivity contribution in [1.29, 1.82) is 0 Å². The Kier molecular flexibility index (Phi) is 3.88. The minimum atomic E-state index is 0.235. The van der Waals surface area contributed by atoms with Crippen LogP contribution in [0.5, 0.6) is 0 Å². The third kappa shape index (κ3) is 2.76. The van der Waals surface area contributed by atoms with Gasteiger partial charge in [0.25, 0.3) is 0 Å². The standard InChI is InChI=1S/C15H21N5O/c1-10-3-4-14(16)13(9-10)15-17-18-19-20(15)11(2)12-5-7-21-8-6-12/h3-4,9,11-12H,5-8,16H2,1-2H3. The van der Waals surface area contributed by atoms with Gasteiger partial charge in [-0.15, -0.1) is 5.10 Å². The Morgan fingerprint density at radius 3 is 2.86 bits per heavy atom. The number of aryl methyl sites for hydroxylation is 1. The summed E-state index contributed by atoms with van der Waals surface area (Å²) in [7, 11) is 0. The molecule has 21 heavy (non-hydrogen) atoms. The third-order valence-electron chi connectivity index (χ3n) is 4.28. The van der Waals surface area contributed by atoms with Crippen LogP contribution in [0.25, 0.3) is 11.4 Å². The molecule has 1 aromatic heterocycles. The van der Waals surface area contributed by atoms with Crippen LogP contribution >= 0.6 is 0 Å². The van der Waals surface area contributed by atoms with E-state index in [-0.39, 0.29) is 6.04 Å². The topological polar surface area (TPSA) is 78.9 Å². The van der Waals surface area contributed by atoms with Crippen LogP contribution < -0.4 is 5.73 Å². The number of hydrogen-bond donors (Lipinski definition) is 1. The molecule has 2 heterocycles. The number of nitrogen functional groups attached to an aromatic ring is 1. The maximum atomic E-state index is 6.10. The largest absolute Gasteiger partial charge is 0.398 e. The fourth-order valence-corrected chi connectivity index (χ4v) is 2.91. The quantitative estimate of drug-likeness (QED) is 0.876. The molecule has 112 valence electrons. The van der Waals surface area contributed by atoms with E-state index in [4.69, 9.17) is 10.5 Å². The number of benzene rings is 1. The molecule has 1 aliphatic heterocycles. The van der Waals surface area contributed by atoms with Crippen LogP contribution in [0, 0.1) is 12.8 Å². The predicted molar refractivity (Wildman–Crippen MR) is 80.7 cm³/mol. The molecule has 0 bridgehead atoms. The Labute approximate surface area is 124 Å². The Hall–Kier alpha value is -1.95. The lowest BCUT2D eigenvalue weighted by Crippen LogP contribution is -2.25. The van der Waals surface area contributed by atoms with Gasteiger partial charge >= 0.3 is 0 Å². The number of nitrogens with two attached hydrogens (primary N) is 1. The molecule has 0 spiro atoms. The van der Waals surface area contributed by atoms with Crippen LogP contribution in [0.2, 0.25) is 0 Å². The van der Waals surface area contributed by atoms with E-state index in [0.29, 0.717) is 11.6 Å². The van der Waals surface area contributed by atoms with Crippen LogP contribution in [0.4, 0.5) is 5.69 Å². The molecule has 2 aromatic rings. The highest BCUT2D eigenvalue weighted by atomic mass is 16.5. The minimum absolute atomic E-state index is 0.235. The maximum absolute atomic E-state index is 6.10. The lowest BCUT2D eigenvalue weighted by molar-refractivity contribution is 0.0495. The summed E-state index contributed by atoms with van der Waals surface area (Å²) in [4.78, 5) is 0. The van der Waals surface area contributed by atoms with Crippen LogP contribution in [0.3, 0.4) is 0 Å². The van der Waals surface area contributed by atoms with Crippen molar-refractivity contribution in [3.63, 3.8) is 0 Å². The molecule has 1 atom stereocenters. The Morgan fingerprint density at radius 2 is 2.10 bits per heavy atom. The van der Waals surface area contributed by atoms with Gasteiger partial charge in [-0.25, -0.2) is 4.68 Å². The molecule has 1 saturated heterocycles. The van der Waals surface area contributed by atoms with Gasteiger partial charge in [-0.05, 0) is 55.2 Å². The second kappa shape index (κ2) is 5.81. The molecule has 0 amide bonds. The molecule has 0 aliphatic carbocycles. The van der Waals surface area contributed by atoms with Crippen LogP contribution in [-0.4, -0.2) is 33.4 Å². The fourth-order valence-electron chi connectivity index (χ4n) is 2.91. The van der Waals surface area contributed by atoms with Gasteiger partial charge in [-0.2, -0.15) is 0 Å². The number of ether oxygens (including phenoxy) is 1. The first-order valence-electron chi connectivity index (χ1n) is 7.39. The van der Waals surface area contributed by atoms with Crippen molar-refractivity contribution in [3.05, 3.63) is 23.8 Å². The lowest BCUT2D eigenvalue weighted by atomic mass is 9.93. The van der Waals surface area contributed by atoms with E-state index in [2.05, 4.69) is 22.4 Å². The Morgan fingerprint density at radius 1 is 1.33 bits per heavy atom. The molecule has 3 rings (SSSR count). The van der Waals surface area contributed by atoms with Gasteiger partial charge in [-0.3, -0.25) is 0 Å². The van der Waals surface area contributed by atoms with E-state index in [1.807, 2.05) is 29.8 Å². The Balaban J connectivity index is 1.94. The molecule has 6 heteroatoms. The smallest absolute Gasteiger partial charge is 0.184 e. The highest BCUT2D eigenvalue weighted by Gasteiger charge is 2.25. The summed E-state index contributed by atoms with van der Waals surface area (Å²) < 4.78 is 7.34. The van der Waals surface area contributed by atoms with Crippen molar-refractivity contribution in [1.82, 2.24) is 20.2 Å². The average molecular weight is 287 g/mol. The van der Waals surface area contributed by atoms with E-state index in [1.165, 1.54) is 0 Å². The van der Waals surface area contributed by atoms with Crippen molar-refractivity contribution < 1.29 is 4.74 Å². The van der Waals surface area contributed by atoms with Crippen molar-refractivity contribution in [3.8, 4) is 11.4 Å². The fraction of sp³-hybridized carbons (Fsp3) is 0.533. The SMILES string of the molecule is Cc1ccc(N)c(-c2nnnn2C(C)C2CCOCC2)c1. The molecular formula is C15H21N5O. The first-order valence-corrected chi connectivity index (χ1v) is 7.39. The lowest BCUT2D eigenvalue weighted by Gasteiger charge is -2.28. The first kappa shape index (κ1) is 14.0. The third-order valence-corrected chi connectivity index (χ3v) is 4.28. The Bertz CT molecular complexity index is 618. The summed E-state index contributed by atoms with van der Waals surface area (Å²) in [5.74, 6) is 1.28. The predicted octanol–water partition coefficient (Wildman–Crippen LogP) is 2.22. The van der Waals surface area contributed by atoms with Crippen molar-refractivity contribution >= 4 is 5.69 Å². The normalized spacial score (nSPS) is 17.8. The number of nitrogens with zero attached hydrogens (tertiary/aromatic N) is 4. The molecule has 1 aromatic carbocycles. The van der Waals surface area contributed by atoms with E-state index in [1.54, 1.807) is 0 Å². The zero-order valence-corrected chi connectivity index (χ0v) is 12.5. The maximum Gasteiger partial charge on any atom is 0.184 e. The number of tetrazole rings is 1. The van der Waals surface area contributed by atoms with Gasteiger partial charge in [-0.1, -0.05) is 11.6 Å². The van der Waals surface area contributed by atoms with Crippen molar-refractivity contribution in [2.75, 3.05) is 18.9 Å². The molecule has 1 fully saturated rings. The number of anilines is 1. The van der Waals surface area contributed by atoms with E-state index in [9.17, 15) is 0 Å². The van der Waals surface area contributed by atoms with E-state index < -0.39 is 0 Å². The minimum Gasteiger partial charge on any atom is -0.398 e. The summed E-state index contributed by atoms with van der Waals surface area (Å²) >= 11 is 0. The van der Waals surface area contributed by atoms with E-state index in [0.717, 1.165) is 43.0 Å². The van der Waals surface area contributed by atoms with Gasteiger partial charge < -0.3 is 10.5 Å². The number of hydrogen-bond acceptors (Lipinski definition) is 5. The zero-order chi connectivity index (χ0) is 14.8. The number of aromatic nitrogens is 4. The molecular weight excluding hydrogens is 266 g/mol. The van der Waals surface area contributed by atoms with Crippen molar-refractivity contribution in [2.45, 2.75) is 32.7 Å². The molecule has 0 saturated carbocycles. The average Bonchev–Trinajstić information content (AvgIpc) is 2.99. The molecule has 0 radical (unpaired) electrons. The van der Waals surface area contributed by atoms with Crippen LogP contribution in [0.15, 0.2) is 18.2 Å².